The van der Waals surface area contributed by atoms with Crippen LogP contribution in [-0.2, 0) is 6.42 Å². The van der Waals surface area contributed by atoms with Crippen molar-refractivity contribution in [1.82, 2.24) is 9.97 Å². The van der Waals surface area contributed by atoms with Gasteiger partial charge < -0.3 is 14.8 Å². The summed E-state index contributed by atoms with van der Waals surface area (Å²) in [5, 5.41) is 3.11. The van der Waals surface area contributed by atoms with Crippen molar-refractivity contribution in [3.8, 4) is 22.8 Å². The second-order valence-corrected chi connectivity index (χ2v) is 6.94. The molecule has 0 aliphatic carbocycles. The number of rotatable bonds is 1. The Kier molecular flexibility index (Phi) is 7.39. The number of hydrogen-bond donors (Lipinski definition) is 1. The third kappa shape index (κ3) is 5.48. The van der Waals surface area contributed by atoms with E-state index in [1.54, 1.807) is 0 Å². The van der Waals surface area contributed by atoms with Crippen molar-refractivity contribution in [2.45, 2.75) is 46.6 Å². The largest absolute Gasteiger partial charge is 0.493 e. The van der Waals surface area contributed by atoms with Gasteiger partial charge in [0.1, 0.15) is 23.0 Å². The first-order valence-corrected chi connectivity index (χ1v) is 10.5. The lowest BCUT2D eigenvalue weighted by Crippen LogP contribution is -2.16. The Bertz CT molecular complexity index is 1040. The highest BCUT2D eigenvalue weighted by Gasteiger charge is 2.17. The predicted octanol–water partition coefficient (Wildman–Crippen LogP) is 6.30. The SMILES string of the molecule is CC.CCc1cc2cc(c1)O[C@@H](C)CCOc1cc(F)ccc1-c1nc(ncc1F)N2. The van der Waals surface area contributed by atoms with Crippen LogP contribution >= 0.6 is 0 Å². The van der Waals surface area contributed by atoms with Crippen LogP contribution < -0.4 is 14.8 Å². The highest BCUT2D eigenvalue weighted by molar-refractivity contribution is 5.69. The molecule has 4 bridgehead atoms. The molecule has 1 aliphatic rings. The summed E-state index contributed by atoms with van der Waals surface area (Å²) in [6.45, 7) is 8.29. The Balaban J connectivity index is 0.00000132. The Morgan fingerprint density at radius 3 is 2.71 bits per heavy atom. The molecule has 3 aromatic rings. The van der Waals surface area contributed by atoms with Gasteiger partial charge in [-0.05, 0) is 43.2 Å². The van der Waals surface area contributed by atoms with Gasteiger partial charge in [0.15, 0.2) is 5.82 Å². The molecule has 1 N–H and O–H groups in total. The van der Waals surface area contributed by atoms with Gasteiger partial charge in [-0.1, -0.05) is 20.8 Å². The molecular formula is C24H27F2N3O2. The molecule has 4 rings (SSSR count). The van der Waals surface area contributed by atoms with Crippen LogP contribution in [0.1, 0.15) is 39.7 Å². The third-order valence-electron chi connectivity index (χ3n) is 4.69. The number of ether oxygens (including phenoxy) is 2. The van der Waals surface area contributed by atoms with E-state index in [9.17, 15) is 8.78 Å². The molecule has 7 heteroatoms. The van der Waals surface area contributed by atoms with Gasteiger partial charge in [0.25, 0.3) is 0 Å². The lowest BCUT2D eigenvalue weighted by molar-refractivity contribution is 0.177. The number of aromatic nitrogens is 2. The van der Waals surface area contributed by atoms with Gasteiger partial charge in [-0.3, -0.25) is 0 Å². The van der Waals surface area contributed by atoms with E-state index in [0.717, 1.165) is 23.9 Å². The first kappa shape index (κ1) is 22.5. The number of hydrogen-bond acceptors (Lipinski definition) is 5. The van der Waals surface area contributed by atoms with E-state index in [-0.39, 0.29) is 30.1 Å². The lowest BCUT2D eigenvalue weighted by atomic mass is 10.1. The van der Waals surface area contributed by atoms with Gasteiger partial charge >= 0.3 is 0 Å². The van der Waals surface area contributed by atoms with E-state index in [2.05, 4.69) is 22.2 Å². The van der Waals surface area contributed by atoms with E-state index in [1.807, 2.05) is 39.0 Å². The zero-order valence-electron chi connectivity index (χ0n) is 18.2. The van der Waals surface area contributed by atoms with Gasteiger partial charge in [-0.25, -0.2) is 18.7 Å². The van der Waals surface area contributed by atoms with Crippen molar-refractivity contribution in [3.05, 3.63) is 59.8 Å². The fraction of sp³-hybridized carbons (Fsp3) is 0.333. The number of benzene rings is 2. The summed E-state index contributed by atoms with van der Waals surface area (Å²) >= 11 is 0. The molecule has 0 fully saturated rings. The van der Waals surface area contributed by atoms with Gasteiger partial charge in [0.05, 0.1) is 18.9 Å². The van der Waals surface area contributed by atoms with Crippen LogP contribution in [0.2, 0.25) is 0 Å². The van der Waals surface area contributed by atoms with Gasteiger partial charge in [0, 0.05) is 29.8 Å². The summed E-state index contributed by atoms with van der Waals surface area (Å²) in [6, 6.07) is 9.76. The van der Waals surface area contributed by atoms with Crippen molar-refractivity contribution in [3.63, 3.8) is 0 Å². The minimum atomic E-state index is -0.612. The van der Waals surface area contributed by atoms with Gasteiger partial charge in [-0.2, -0.15) is 0 Å². The van der Waals surface area contributed by atoms with E-state index >= 15 is 0 Å². The van der Waals surface area contributed by atoms with Gasteiger partial charge in [-0.15, -0.1) is 0 Å². The third-order valence-corrected chi connectivity index (χ3v) is 4.69. The number of nitrogens with zero attached hydrogens (tertiary/aromatic N) is 2. The summed E-state index contributed by atoms with van der Waals surface area (Å²) in [5.74, 6) is 0.0821. The Labute approximate surface area is 181 Å². The summed E-state index contributed by atoms with van der Waals surface area (Å²) in [7, 11) is 0. The fourth-order valence-corrected chi connectivity index (χ4v) is 3.19. The first-order valence-electron chi connectivity index (χ1n) is 10.5. The van der Waals surface area contributed by atoms with Gasteiger partial charge in [0.2, 0.25) is 5.95 Å². The molecule has 1 aromatic heterocycles. The molecule has 2 aromatic carbocycles. The van der Waals surface area contributed by atoms with Crippen LogP contribution in [0.5, 0.6) is 11.5 Å². The number of anilines is 2. The maximum absolute atomic E-state index is 14.5. The molecule has 0 amide bonds. The van der Waals surface area contributed by atoms with E-state index in [1.165, 1.54) is 18.2 Å². The first-order chi connectivity index (χ1) is 15.0. The fourth-order valence-electron chi connectivity index (χ4n) is 3.19. The maximum Gasteiger partial charge on any atom is 0.227 e. The van der Waals surface area contributed by atoms with Crippen LogP contribution in [0.15, 0.2) is 42.6 Å². The normalized spacial score (nSPS) is 15.1. The Morgan fingerprint density at radius 2 is 1.94 bits per heavy atom. The van der Waals surface area contributed by atoms with Crippen LogP contribution in [0.4, 0.5) is 20.4 Å². The second kappa shape index (κ2) is 10.2. The molecule has 0 saturated carbocycles. The van der Waals surface area contributed by atoms with Crippen molar-refractivity contribution < 1.29 is 18.3 Å². The minimum absolute atomic E-state index is 0.0470. The highest BCUT2D eigenvalue weighted by Crippen LogP contribution is 2.33. The van der Waals surface area contributed by atoms with Crippen LogP contribution in [-0.4, -0.2) is 22.7 Å². The van der Waals surface area contributed by atoms with Crippen molar-refractivity contribution >= 4 is 11.6 Å². The molecule has 5 nitrogen and oxygen atoms in total. The Hall–Kier alpha value is -3.22. The highest BCUT2D eigenvalue weighted by atomic mass is 19.1. The summed E-state index contributed by atoms with van der Waals surface area (Å²) < 4.78 is 40.1. The average Bonchev–Trinajstić information content (AvgIpc) is 2.76. The molecule has 1 aliphatic heterocycles. The monoisotopic (exact) mass is 427 g/mol. The predicted molar refractivity (Wildman–Crippen MR) is 118 cm³/mol. The van der Waals surface area contributed by atoms with E-state index in [0.29, 0.717) is 17.7 Å². The quantitative estimate of drug-likeness (QED) is 0.494. The van der Waals surface area contributed by atoms with Crippen LogP contribution in [0.3, 0.4) is 0 Å². The molecular weight excluding hydrogens is 400 g/mol. The number of nitrogens with one attached hydrogen (secondary N) is 1. The molecule has 0 spiro atoms. The van der Waals surface area contributed by atoms with Crippen LogP contribution in [0.25, 0.3) is 11.3 Å². The van der Waals surface area contributed by atoms with Crippen LogP contribution in [0, 0.1) is 11.6 Å². The van der Waals surface area contributed by atoms with Crippen molar-refractivity contribution in [2.75, 3.05) is 11.9 Å². The number of fused-ring (bicyclic) bond motifs is 6. The smallest absolute Gasteiger partial charge is 0.227 e. The average molecular weight is 427 g/mol. The summed E-state index contributed by atoms with van der Waals surface area (Å²) in [4.78, 5) is 8.35. The topological polar surface area (TPSA) is 56.3 Å². The van der Waals surface area contributed by atoms with E-state index in [4.69, 9.17) is 9.47 Å². The zero-order chi connectivity index (χ0) is 22.4. The Morgan fingerprint density at radius 1 is 1.13 bits per heavy atom. The second-order valence-electron chi connectivity index (χ2n) is 6.94. The maximum atomic E-state index is 14.5. The summed E-state index contributed by atoms with van der Waals surface area (Å²) in [6.07, 6.45) is 2.37. The molecule has 0 unspecified atom stereocenters. The molecule has 1 atom stereocenters. The molecule has 2 heterocycles. The standard InChI is InChI=1S/C22H21F2N3O2.C2H6/c1-3-14-8-16-11-17(9-14)29-13(2)6-7-28-20-10-15(23)4-5-18(20)21-19(24)12-25-22(26-16)27-21;1-2/h4-5,8-13H,3,6-7H2,1-2H3,(H,25,26,27);1-2H3/t13-;/m0./s1. The van der Waals surface area contributed by atoms with Crippen molar-refractivity contribution in [2.24, 2.45) is 0 Å². The number of aryl methyl sites for hydroxylation is 1. The lowest BCUT2D eigenvalue weighted by Gasteiger charge is -2.19. The summed E-state index contributed by atoms with van der Waals surface area (Å²) in [5.41, 5.74) is 2.24. The van der Waals surface area contributed by atoms with Crippen molar-refractivity contribution in [1.29, 1.82) is 0 Å². The minimum Gasteiger partial charge on any atom is -0.493 e. The number of halogens is 2. The molecule has 31 heavy (non-hydrogen) atoms. The molecule has 0 saturated heterocycles. The molecule has 0 radical (unpaired) electrons. The van der Waals surface area contributed by atoms with E-state index < -0.39 is 11.6 Å². The molecule has 164 valence electrons. The zero-order valence-corrected chi connectivity index (χ0v) is 18.2.